The Balaban J connectivity index is 1.61. The van der Waals surface area contributed by atoms with Gasteiger partial charge in [0.15, 0.2) is 0 Å². The summed E-state index contributed by atoms with van der Waals surface area (Å²) in [5, 5.41) is 7.09. The topological polar surface area (TPSA) is 63.1 Å². The van der Waals surface area contributed by atoms with Gasteiger partial charge in [-0.25, -0.2) is 14.1 Å². The number of benzene rings is 1. The van der Waals surface area contributed by atoms with Crippen LogP contribution in [0.1, 0.15) is 12.5 Å². The molecule has 3 aromatic rings. The van der Waals surface area contributed by atoms with Gasteiger partial charge in [0.1, 0.15) is 11.6 Å². The molecule has 1 aromatic carbocycles. The first-order valence-electron chi connectivity index (χ1n) is 8.24. The molecule has 2 heterocycles. The van der Waals surface area contributed by atoms with Crippen molar-refractivity contribution in [3.8, 4) is 5.69 Å². The molecule has 0 aliphatic carbocycles. The predicted molar refractivity (Wildman–Crippen MR) is 97.3 cm³/mol. The highest BCUT2D eigenvalue weighted by molar-refractivity contribution is 5.93. The van der Waals surface area contributed by atoms with Crippen LogP contribution in [0, 0.1) is 5.82 Å². The average Bonchev–Trinajstić information content (AvgIpc) is 3.11. The van der Waals surface area contributed by atoms with Gasteiger partial charge in [-0.1, -0.05) is 6.07 Å². The third-order valence-corrected chi connectivity index (χ3v) is 4.12. The fourth-order valence-corrected chi connectivity index (χ4v) is 2.47. The Bertz CT molecular complexity index is 863. The molecule has 0 fully saturated rings. The molecule has 3 rings (SSSR count). The highest BCUT2D eigenvalue weighted by atomic mass is 19.1. The van der Waals surface area contributed by atoms with Gasteiger partial charge in [0.05, 0.1) is 17.9 Å². The van der Waals surface area contributed by atoms with E-state index in [4.69, 9.17) is 0 Å². The van der Waals surface area contributed by atoms with Crippen molar-refractivity contribution in [3.05, 3.63) is 72.4 Å². The normalized spacial score (nSPS) is 12.2. The second-order valence-corrected chi connectivity index (χ2v) is 6.06. The van der Waals surface area contributed by atoms with Crippen molar-refractivity contribution in [2.75, 3.05) is 12.4 Å². The van der Waals surface area contributed by atoms with Gasteiger partial charge >= 0.3 is 0 Å². The summed E-state index contributed by atoms with van der Waals surface area (Å²) in [7, 11) is 1.87. The maximum absolute atomic E-state index is 13.0. The number of likely N-dealkylation sites (N-methyl/N-ethyl adjacent to an activating group) is 1. The third-order valence-electron chi connectivity index (χ3n) is 4.12. The van der Waals surface area contributed by atoms with Gasteiger partial charge < -0.3 is 5.32 Å². The van der Waals surface area contributed by atoms with E-state index in [0.29, 0.717) is 12.4 Å². The average molecular weight is 353 g/mol. The molecule has 6 nitrogen and oxygen atoms in total. The summed E-state index contributed by atoms with van der Waals surface area (Å²) in [4.78, 5) is 18.4. The van der Waals surface area contributed by atoms with Crippen molar-refractivity contribution in [3.63, 3.8) is 0 Å². The minimum absolute atomic E-state index is 0.128. The lowest BCUT2D eigenvalue weighted by atomic mass is 10.2. The van der Waals surface area contributed by atoms with Crippen LogP contribution < -0.4 is 5.32 Å². The summed E-state index contributed by atoms with van der Waals surface area (Å²) in [6.45, 7) is 2.39. The first-order chi connectivity index (χ1) is 12.5. The van der Waals surface area contributed by atoms with Gasteiger partial charge in [0.25, 0.3) is 0 Å². The maximum atomic E-state index is 13.0. The van der Waals surface area contributed by atoms with Crippen molar-refractivity contribution in [2.45, 2.75) is 19.5 Å². The monoisotopic (exact) mass is 353 g/mol. The first kappa shape index (κ1) is 17.8. The van der Waals surface area contributed by atoms with E-state index in [1.807, 2.05) is 31.1 Å². The molecule has 0 aliphatic heterocycles. The summed E-state index contributed by atoms with van der Waals surface area (Å²) >= 11 is 0. The van der Waals surface area contributed by atoms with Crippen LogP contribution in [0.25, 0.3) is 5.69 Å². The first-order valence-corrected chi connectivity index (χ1v) is 8.24. The standard InChI is InChI=1S/C19H20FN5O/c1-14(19(26)23-18-5-3-4-10-21-18)24(2)12-15-11-22-25(13-15)17-8-6-16(20)7-9-17/h3-11,13-14H,12H2,1-2H3,(H,21,23,26)/t14-/m1/s1. The highest BCUT2D eigenvalue weighted by Crippen LogP contribution is 2.12. The van der Waals surface area contributed by atoms with Crippen molar-refractivity contribution in [1.82, 2.24) is 19.7 Å². The Morgan fingerprint density at radius 2 is 2.04 bits per heavy atom. The summed E-state index contributed by atoms with van der Waals surface area (Å²) in [6, 6.07) is 11.1. The number of aromatic nitrogens is 3. The molecular weight excluding hydrogens is 333 g/mol. The second kappa shape index (κ2) is 7.88. The molecule has 0 saturated heterocycles. The van der Waals surface area contributed by atoms with Crippen molar-refractivity contribution in [1.29, 1.82) is 0 Å². The van der Waals surface area contributed by atoms with E-state index < -0.39 is 0 Å². The van der Waals surface area contributed by atoms with Gasteiger partial charge in [0.2, 0.25) is 5.91 Å². The molecule has 1 atom stereocenters. The van der Waals surface area contributed by atoms with Crippen LogP contribution in [-0.2, 0) is 11.3 Å². The molecule has 0 spiro atoms. The minimum Gasteiger partial charge on any atom is -0.309 e. The SMILES string of the molecule is C[C@H](C(=O)Nc1ccccn1)N(C)Cc1cnn(-c2ccc(F)cc2)c1. The molecule has 0 unspecified atom stereocenters. The molecule has 1 N–H and O–H groups in total. The van der Waals surface area contributed by atoms with Crippen LogP contribution in [0.2, 0.25) is 0 Å². The number of amides is 1. The number of carbonyl (C=O) groups is 1. The van der Waals surface area contributed by atoms with E-state index in [2.05, 4.69) is 15.4 Å². The van der Waals surface area contributed by atoms with E-state index in [9.17, 15) is 9.18 Å². The molecule has 134 valence electrons. The lowest BCUT2D eigenvalue weighted by Gasteiger charge is -2.23. The van der Waals surface area contributed by atoms with Crippen LogP contribution in [0.3, 0.4) is 0 Å². The Labute approximate surface area is 151 Å². The summed E-state index contributed by atoms with van der Waals surface area (Å²) < 4.78 is 14.7. The fraction of sp³-hybridized carbons (Fsp3) is 0.211. The Hall–Kier alpha value is -3.06. The summed E-state index contributed by atoms with van der Waals surface area (Å²) in [6.07, 6.45) is 5.24. The van der Waals surface area contributed by atoms with Crippen molar-refractivity contribution >= 4 is 11.7 Å². The molecule has 1 amide bonds. The van der Waals surface area contributed by atoms with Crippen LogP contribution >= 0.6 is 0 Å². The highest BCUT2D eigenvalue weighted by Gasteiger charge is 2.19. The fourth-order valence-electron chi connectivity index (χ4n) is 2.47. The van der Waals surface area contributed by atoms with E-state index >= 15 is 0 Å². The van der Waals surface area contributed by atoms with E-state index in [0.717, 1.165) is 11.3 Å². The molecule has 26 heavy (non-hydrogen) atoms. The van der Waals surface area contributed by atoms with Crippen LogP contribution in [-0.4, -0.2) is 38.7 Å². The number of hydrogen-bond acceptors (Lipinski definition) is 4. The maximum Gasteiger partial charge on any atom is 0.242 e. The minimum atomic E-state index is -0.342. The largest absolute Gasteiger partial charge is 0.309 e. The number of anilines is 1. The Morgan fingerprint density at radius 1 is 1.27 bits per heavy atom. The number of nitrogens with zero attached hydrogens (tertiary/aromatic N) is 4. The molecule has 0 radical (unpaired) electrons. The van der Waals surface area contributed by atoms with Gasteiger partial charge in [-0.2, -0.15) is 5.10 Å². The van der Waals surface area contributed by atoms with Gasteiger partial charge in [-0.3, -0.25) is 9.69 Å². The van der Waals surface area contributed by atoms with Crippen molar-refractivity contribution < 1.29 is 9.18 Å². The molecule has 2 aromatic heterocycles. The molecule has 0 saturated carbocycles. The molecule has 0 aliphatic rings. The Morgan fingerprint density at radius 3 is 2.73 bits per heavy atom. The number of hydrogen-bond donors (Lipinski definition) is 1. The third kappa shape index (κ3) is 4.31. The van der Waals surface area contributed by atoms with Crippen LogP contribution in [0.15, 0.2) is 61.1 Å². The quantitative estimate of drug-likeness (QED) is 0.740. The van der Waals surface area contributed by atoms with E-state index in [-0.39, 0.29) is 17.8 Å². The Kier molecular flexibility index (Phi) is 5.38. The molecular formula is C19H20FN5O. The lowest BCUT2D eigenvalue weighted by molar-refractivity contribution is -0.120. The van der Waals surface area contributed by atoms with Gasteiger partial charge in [-0.15, -0.1) is 0 Å². The second-order valence-electron chi connectivity index (χ2n) is 6.06. The van der Waals surface area contributed by atoms with E-state index in [1.165, 1.54) is 12.1 Å². The number of pyridine rings is 1. The number of nitrogens with one attached hydrogen (secondary N) is 1. The zero-order valence-electron chi connectivity index (χ0n) is 14.6. The summed E-state index contributed by atoms with van der Waals surface area (Å²) in [5.74, 6) is 0.118. The zero-order valence-corrected chi connectivity index (χ0v) is 14.6. The molecule has 0 bridgehead atoms. The number of carbonyl (C=O) groups excluding carboxylic acids is 1. The van der Waals surface area contributed by atoms with Crippen molar-refractivity contribution in [2.24, 2.45) is 0 Å². The smallest absolute Gasteiger partial charge is 0.242 e. The van der Waals surface area contributed by atoms with Gasteiger partial charge in [0, 0.05) is 24.5 Å². The zero-order chi connectivity index (χ0) is 18.5. The van der Waals surface area contributed by atoms with Crippen LogP contribution in [0.5, 0.6) is 0 Å². The predicted octanol–water partition coefficient (Wildman–Crippen LogP) is 2.87. The van der Waals surface area contributed by atoms with E-state index in [1.54, 1.807) is 41.3 Å². The summed E-state index contributed by atoms with van der Waals surface area (Å²) in [5.41, 5.74) is 1.73. The lowest BCUT2D eigenvalue weighted by Crippen LogP contribution is -2.39. The number of rotatable bonds is 6. The molecule has 7 heteroatoms. The van der Waals surface area contributed by atoms with Crippen LogP contribution in [0.4, 0.5) is 10.2 Å². The van der Waals surface area contributed by atoms with Gasteiger partial charge in [-0.05, 0) is 50.4 Å². The number of halogens is 1.